The highest BCUT2D eigenvalue weighted by atomic mass is 16.1. The molecule has 0 atom stereocenters. The molecule has 2 N–H and O–H groups in total. The van der Waals surface area contributed by atoms with Crippen LogP contribution >= 0.6 is 0 Å². The summed E-state index contributed by atoms with van der Waals surface area (Å²) >= 11 is 0. The highest BCUT2D eigenvalue weighted by molar-refractivity contribution is 5.91. The quantitative estimate of drug-likeness (QED) is 0.862. The first-order chi connectivity index (χ1) is 8.66. The fraction of sp³-hybridized carbons (Fsp3) is 0.308. The molecule has 1 aromatic heterocycles. The maximum absolute atomic E-state index is 11.6. The molecule has 0 aliphatic carbocycles. The van der Waals surface area contributed by atoms with Crippen LogP contribution in [0.1, 0.15) is 41.4 Å². The molecule has 1 heterocycles. The second-order valence-corrected chi connectivity index (χ2v) is 4.43. The number of H-pyrrole nitrogens is 1. The van der Waals surface area contributed by atoms with Crippen LogP contribution in [0, 0.1) is 0 Å². The zero-order valence-corrected chi connectivity index (χ0v) is 10.5. The summed E-state index contributed by atoms with van der Waals surface area (Å²) in [7, 11) is 0. The van der Waals surface area contributed by atoms with Gasteiger partial charge in [0, 0.05) is 6.54 Å². The summed E-state index contributed by atoms with van der Waals surface area (Å²) in [6.07, 6.45) is 1.40. The van der Waals surface area contributed by atoms with Gasteiger partial charge in [0.25, 0.3) is 5.91 Å². The van der Waals surface area contributed by atoms with Crippen molar-refractivity contribution in [3.8, 4) is 0 Å². The number of hydrogen-bond acceptors (Lipinski definition) is 3. The van der Waals surface area contributed by atoms with E-state index in [1.165, 1.54) is 11.8 Å². The van der Waals surface area contributed by atoms with E-state index in [2.05, 4.69) is 46.7 Å². The number of nitrogens with one attached hydrogen (secondary N) is 2. The average Bonchev–Trinajstić information content (AvgIpc) is 2.90. The van der Waals surface area contributed by atoms with E-state index in [1.54, 1.807) is 0 Å². The molecule has 0 aliphatic heterocycles. The van der Waals surface area contributed by atoms with Crippen LogP contribution in [0.25, 0.3) is 0 Å². The Morgan fingerprint density at radius 1 is 1.33 bits per heavy atom. The summed E-state index contributed by atoms with van der Waals surface area (Å²) in [5.74, 6) is 0.292. The van der Waals surface area contributed by atoms with E-state index in [-0.39, 0.29) is 5.91 Å². The molecule has 0 radical (unpaired) electrons. The van der Waals surface area contributed by atoms with Crippen molar-refractivity contribution in [3.63, 3.8) is 0 Å². The molecule has 1 aromatic carbocycles. The molecule has 18 heavy (non-hydrogen) atoms. The number of carbonyl (C=O) groups excluding carboxylic acids is 1. The van der Waals surface area contributed by atoms with Crippen molar-refractivity contribution in [1.29, 1.82) is 0 Å². The summed E-state index contributed by atoms with van der Waals surface area (Å²) in [6.45, 7) is 4.80. The van der Waals surface area contributed by atoms with Crippen molar-refractivity contribution >= 4 is 5.91 Å². The van der Waals surface area contributed by atoms with Gasteiger partial charge in [-0.2, -0.15) is 15.4 Å². The maximum Gasteiger partial charge on any atom is 0.273 e. The topological polar surface area (TPSA) is 70.7 Å². The number of carbonyl (C=O) groups is 1. The molecule has 0 fully saturated rings. The first kappa shape index (κ1) is 12.3. The smallest absolute Gasteiger partial charge is 0.273 e. The predicted molar refractivity (Wildman–Crippen MR) is 68.1 cm³/mol. The molecule has 0 aliphatic rings. The third-order valence-electron chi connectivity index (χ3n) is 2.75. The SMILES string of the molecule is CC(C)c1ccc(CNC(=O)c2cn[nH]n2)cc1. The van der Waals surface area contributed by atoms with Crippen molar-refractivity contribution in [2.45, 2.75) is 26.3 Å². The Balaban J connectivity index is 1.92. The third kappa shape index (κ3) is 2.94. The number of rotatable bonds is 4. The van der Waals surface area contributed by atoms with E-state index in [4.69, 9.17) is 0 Å². The lowest BCUT2D eigenvalue weighted by molar-refractivity contribution is 0.0946. The van der Waals surface area contributed by atoms with E-state index < -0.39 is 0 Å². The average molecular weight is 244 g/mol. The van der Waals surface area contributed by atoms with Crippen molar-refractivity contribution < 1.29 is 4.79 Å². The Morgan fingerprint density at radius 3 is 2.61 bits per heavy atom. The van der Waals surface area contributed by atoms with Crippen LogP contribution in [0.3, 0.4) is 0 Å². The Kier molecular flexibility index (Phi) is 3.72. The number of nitrogens with zero attached hydrogens (tertiary/aromatic N) is 2. The van der Waals surface area contributed by atoms with Crippen LogP contribution in [-0.2, 0) is 6.54 Å². The summed E-state index contributed by atoms with van der Waals surface area (Å²) in [5.41, 5.74) is 2.66. The largest absolute Gasteiger partial charge is 0.347 e. The Morgan fingerprint density at radius 2 is 2.06 bits per heavy atom. The number of aromatic amines is 1. The van der Waals surface area contributed by atoms with Crippen LogP contribution in [0.4, 0.5) is 0 Å². The molecule has 5 heteroatoms. The molecule has 2 rings (SSSR count). The fourth-order valence-electron chi connectivity index (χ4n) is 1.60. The zero-order valence-electron chi connectivity index (χ0n) is 10.5. The third-order valence-corrected chi connectivity index (χ3v) is 2.75. The highest BCUT2D eigenvalue weighted by Crippen LogP contribution is 2.14. The molecule has 0 spiro atoms. The van der Waals surface area contributed by atoms with Crippen molar-refractivity contribution in [3.05, 3.63) is 47.3 Å². The monoisotopic (exact) mass is 244 g/mol. The van der Waals surface area contributed by atoms with E-state index in [0.717, 1.165) is 5.56 Å². The van der Waals surface area contributed by atoms with E-state index in [1.807, 2.05) is 12.1 Å². The summed E-state index contributed by atoms with van der Waals surface area (Å²) in [4.78, 5) is 11.6. The second-order valence-electron chi connectivity index (χ2n) is 4.43. The summed E-state index contributed by atoms with van der Waals surface area (Å²) < 4.78 is 0. The highest BCUT2D eigenvalue weighted by Gasteiger charge is 2.07. The number of aromatic nitrogens is 3. The minimum absolute atomic E-state index is 0.225. The number of amides is 1. The van der Waals surface area contributed by atoms with Gasteiger partial charge < -0.3 is 5.32 Å². The van der Waals surface area contributed by atoms with Crippen molar-refractivity contribution in [2.24, 2.45) is 0 Å². The van der Waals surface area contributed by atoms with Gasteiger partial charge in [-0.15, -0.1) is 0 Å². The van der Waals surface area contributed by atoms with E-state index in [9.17, 15) is 4.79 Å². The summed E-state index contributed by atoms with van der Waals surface area (Å²) in [6, 6.07) is 8.22. The molecular formula is C13H16N4O. The van der Waals surface area contributed by atoms with E-state index >= 15 is 0 Å². The van der Waals surface area contributed by atoms with Crippen LogP contribution in [0.15, 0.2) is 30.5 Å². The minimum Gasteiger partial charge on any atom is -0.347 e. The van der Waals surface area contributed by atoms with Crippen LogP contribution in [0.5, 0.6) is 0 Å². The van der Waals surface area contributed by atoms with Gasteiger partial charge in [-0.1, -0.05) is 38.1 Å². The lowest BCUT2D eigenvalue weighted by Crippen LogP contribution is -2.23. The molecule has 0 saturated heterocycles. The van der Waals surface area contributed by atoms with E-state index in [0.29, 0.717) is 18.2 Å². The number of hydrogen-bond donors (Lipinski definition) is 2. The van der Waals surface area contributed by atoms with Crippen LogP contribution in [0.2, 0.25) is 0 Å². The fourth-order valence-corrected chi connectivity index (χ4v) is 1.60. The van der Waals surface area contributed by atoms with Gasteiger partial charge >= 0.3 is 0 Å². The molecule has 2 aromatic rings. The maximum atomic E-state index is 11.6. The zero-order chi connectivity index (χ0) is 13.0. The molecule has 0 bridgehead atoms. The van der Waals surface area contributed by atoms with Crippen molar-refractivity contribution in [1.82, 2.24) is 20.7 Å². The molecular weight excluding hydrogens is 228 g/mol. The minimum atomic E-state index is -0.225. The van der Waals surface area contributed by atoms with Gasteiger partial charge in [-0.3, -0.25) is 4.79 Å². The normalized spacial score (nSPS) is 10.6. The van der Waals surface area contributed by atoms with Crippen molar-refractivity contribution in [2.75, 3.05) is 0 Å². The first-order valence-electron chi connectivity index (χ1n) is 5.89. The van der Waals surface area contributed by atoms with Gasteiger partial charge in [0.2, 0.25) is 0 Å². The summed E-state index contributed by atoms with van der Waals surface area (Å²) in [5, 5.41) is 12.5. The van der Waals surface area contributed by atoms with Gasteiger partial charge in [0.05, 0.1) is 6.20 Å². The molecule has 5 nitrogen and oxygen atoms in total. The Bertz CT molecular complexity index is 502. The Hall–Kier alpha value is -2.17. The molecule has 1 amide bonds. The van der Waals surface area contributed by atoms with Gasteiger partial charge in [-0.25, -0.2) is 0 Å². The Labute approximate surface area is 106 Å². The molecule has 0 saturated carbocycles. The van der Waals surface area contributed by atoms with Crippen LogP contribution in [-0.4, -0.2) is 21.3 Å². The molecule has 94 valence electrons. The molecule has 0 unspecified atom stereocenters. The lowest BCUT2D eigenvalue weighted by Gasteiger charge is -2.07. The standard InChI is InChI=1S/C13H16N4O/c1-9(2)11-5-3-10(4-6-11)7-14-13(18)12-8-15-17-16-12/h3-6,8-9H,7H2,1-2H3,(H,14,18)(H,15,16,17). The van der Waals surface area contributed by atoms with Gasteiger partial charge in [-0.05, 0) is 17.0 Å². The lowest BCUT2D eigenvalue weighted by atomic mass is 10.0. The van der Waals surface area contributed by atoms with Crippen LogP contribution < -0.4 is 5.32 Å². The van der Waals surface area contributed by atoms with Gasteiger partial charge in [0.1, 0.15) is 0 Å². The number of benzene rings is 1. The van der Waals surface area contributed by atoms with Gasteiger partial charge in [0.15, 0.2) is 5.69 Å². The second kappa shape index (κ2) is 5.44. The first-order valence-corrected chi connectivity index (χ1v) is 5.89. The predicted octanol–water partition coefficient (Wildman–Crippen LogP) is 1.86.